The molecule has 8 heteroatoms. The van der Waals surface area contributed by atoms with E-state index >= 15 is 0 Å². The van der Waals surface area contributed by atoms with Crippen molar-refractivity contribution in [2.24, 2.45) is 0 Å². The number of phenols is 1. The van der Waals surface area contributed by atoms with Gasteiger partial charge in [-0.25, -0.2) is 0 Å². The standard InChI is InChI=1S/C24H24F3N3O2/c25-24(26,27)19-7-5-16(6-8-19)12-21(31)29-14-17-13-18(15-30-10-1-2-11-30)23(32)22-20(17)4-3-9-28-22/h3-9,13,32H,1-2,10-12,14-15H2,(H,29,31). The number of carbonyl (C=O) groups is 1. The fourth-order valence-corrected chi connectivity index (χ4v) is 4.06. The lowest BCUT2D eigenvalue weighted by Gasteiger charge is -2.18. The molecule has 5 nitrogen and oxygen atoms in total. The van der Waals surface area contributed by atoms with E-state index in [2.05, 4.69) is 15.2 Å². The van der Waals surface area contributed by atoms with E-state index in [0.717, 1.165) is 54.6 Å². The summed E-state index contributed by atoms with van der Waals surface area (Å²) in [7, 11) is 0. The maximum atomic E-state index is 12.7. The number of amides is 1. The number of halogens is 3. The fraction of sp³-hybridized carbons (Fsp3) is 0.333. The molecule has 168 valence electrons. The fourth-order valence-electron chi connectivity index (χ4n) is 4.06. The minimum atomic E-state index is -4.40. The summed E-state index contributed by atoms with van der Waals surface area (Å²) >= 11 is 0. The van der Waals surface area contributed by atoms with Crippen molar-refractivity contribution in [1.29, 1.82) is 0 Å². The van der Waals surface area contributed by atoms with E-state index in [0.29, 0.717) is 17.6 Å². The highest BCUT2D eigenvalue weighted by Gasteiger charge is 2.30. The number of pyridine rings is 1. The summed E-state index contributed by atoms with van der Waals surface area (Å²) in [5, 5.41) is 14.3. The number of nitrogens with one attached hydrogen (secondary N) is 1. The zero-order valence-corrected chi connectivity index (χ0v) is 17.5. The van der Waals surface area contributed by atoms with Gasteiger partial charge >= 0.3 is 6.18 Å². The smallest absolute Gasteiger partial charge is 0.416 e. The third kappa shape index (κ3) is 5.02. The number of rotatable bonds is 6. The number of alkyl halides is 3. The van der Waals surface area contributed by atoms with Gasteiger partial charge in [0.15, 0.2) is 0 Å². The van der Waals surface area contributed by atoms with Crippen molar-refractivity contribution in [1.82, 2.24) is 15.2 Å². The SMILES string of the molecule is O=C(Cc1ccc(C(F)(F)F)cc1)NCc1cc(CN2CCCC2)c(O)c2ncccc12. The van der Waals surface area contributed by atoms with Crippen molar-refractivity contribution in [3.8, 4) is 5.75 Å². The number of nitrogens with zero attached hydrogens (tertiary/aromatic N) is 2. The summed E-state index contributed by atoms with van der Waals surface area (Å²) in [4.78, 5) is 19.0. The second-order valence-electron chi connectivity index (χ2n) is 8.07. The van der Waals surface area contributed by atoms with Crippen LogP contribution in [0.3, 0.4) is 0 Å². The molecule has 4 rings (SSSR count). The first-order chi connectivity index (χ1) is 15.3. The summed E-state index contributed by atoms with van der Waals surface area (Å²) in [6.07, 6.45) is -0.526. The van der Waals surface area contributed by atoms with E-state index in [1.165, 1.54) is 12.1 Å². The van der Waals surface area contributed by atoms with Crippen molar-refractivity contribution in [3.63, 3.8) is 0 Å². The van der Waals surface area contributed by atoms with Gasteiger partial charge in [-0.15, -0.1) is 0 Å². The van der Waals surface area contributed by atoms with E-state index < -0.39 is 11.7 Å². The minimum absolute atomic E-state index is 0.0208. The molecule has 0 aliphatic carbocycles. The predicted octanol–water partition coefficient (Wildman–Crippen LogP) is 4.41. The Balaban J connectivity index is 1.48. The van der Waals surface area contributed by atoms with E-state index in [1.807, 2.05) is 12.1 Å². The molecular weight excluding hydrogens is 419 g/mol. The van der Waals surface area contributed by atoms with Gasteiger partial charge in [0.2, 0.25) is 5.91 Å². The first kappa shape index (κ1) is 22.1. The molecule has 1 fully saturated rings. The lowest BCUT2D eigenvalue weighted by Crippen LogP contribution is -2.25. The van der Waals surface area contributed by atoms with Crippen molar-refractivity contribution in [3.05, 3.63) is 70.9 Å². The molecule has 0 unspecified atom stereocenters. The lowest BCUT2D eigenvalue weighted by molar-refractivity contribution is -0.137. The predicted molar refractivity (Wildman–Crippen MR) is 115 cm³/mol. The van der Waals surface area contributed by atoms with Crippen molar-refractivity contribution >= 4 is 16.8 Å². The zero-order valence-electron chi connectivity index (χ0n) is 17.5. The van der Waals surface area contributed by atoms with Crippen LogP contribution in [0.2, 0.25) is 0 Å². The Morgan fingerprint density at radius 2 is 1.81 bits per heavy atom. The van der Waals surface area contributed by atoms with Gasteiger partial charge < -0.3 is 10.4 Å². The van der Waals surface area contributed by atoms with Crippen molar-refractivity contribution < 1.29 is 23.1 Å². The Morgan fingerprint density at radius 3 is 2.50 bits per heavy atom. The molecule has 0 spiro atoms. The second-order valence-corrected chi connectivity index (χ2v) is 8.07. The van der Waals surface area contributed by atoms with Crippen LogP contribution in [0, 0.1) is 0 Å². The monoisotopic (exact) mass is 443 g/mol. The van der Waals surface area contributed by atoms with Crippen LogP contribution in [0.4, 0.5) is 13.2 Å². The zero-order chi connectivity index (χ0) is 22.7. The Labute approximate surface area is 183 Å². The minimum Gasteiger partial charge on any atom is -0.505 e. The third-order valence-corrected chi connectivity index (χ3v) is 5.75. The quantitative estimate of drug-likeness (QED) is 0.592. The van der Waals surface area contributed by atoms with Gasteiger partial charge in [-0.1, -0.05) is 18.2 Å². The van der Waals surface area contributed by atoms with Crippen LogP contribution in [0.5, 0.6) is 5.75 Å². The van der Waals surface area contributed by atoms with Gasteiger partial charge in [-0.3, -0.25) is 14.7 Å². The lowest BCUT2D eigenvalue weighted by atomic mass is 10.0. The molecule has 0 atom stereocenters. The van der Waals surface area contributed by atoms with Crippen LogP contribution >= 0.6 is 0 Å². The van der Waals surface area contributed by atoms with Gasteiger partial charge in [0.05, 0.1) is 12.0 Å². The number of aromatic hydroxyl groups is 1. The first-order valence-corrected chi connectivity index (χ1v) is 10.5. The number of fused-ring (bicyclic) bond motifs is 1. The van der Waals surface area contributed by atoms with Gasteiger partial charge in [-0.2, -0.15) is 13.2 Å². The Kier molecular flexibility index (Phi) is 6.32. The van der Waals surface area contributed by atoms with Crippen molar-refractivity contribution in [2.75, 3.05) is 13.1 Å². The van der Waals surface area contributed by atoms with E-state index in [4.69, 9.17) is 0 Å². The van der Waals surface area contributed by atoms with Gasteiger partial charge in [0, 0.05) is 30.2 Å². The largest absolute Gasteiger partial charge is 0.505 e. The van der Waals surface area contributed by atoms with Crippen LogP contribution in [0.1, 0.15) is 35.1 Å². The van der Waals surface area contributed by atoms with Crippen LogP contribution < -0.4 is 5.32 Å². The highest BCUT2D eigenvalue weighted by molar-refractivity contribution is 5.89. The molecule has 2 N–H and O–H groups in total. The number of hydrogen-bond donors (Lipinski definition) is 2. The molecule has 1 aliphatic heterocycles. The molecule has 2 aromatic carbocycles. The Bertz CT molecular complexity index is 1110. The summed E-state index contributed by atoms with van der Waals surface area (Å²) in [6.45, 7) is 2.82. The normalized spacial score (nSPS) is 14.7. The first-order valence-electron chi connectivity index (χ1n) is 10.5. The molecular formula is C24H24F3N3O2. The summed E-state index contributed by atoms with van der Waals surface area (Å²) in [5.74, 6) is -0.136. The topological polar surface area (TPSA) is 65.5 Å². The second kappa shape index (κ2) is 9.16. The molecule has 1 saturated heterocycles. The summed E-state index contributed by atoms with van der Waals surface area (Å²) in [5.41, 5.74) is 1.86. The van der Waals surface area contributed by atoms with Crippen LogP contribution in [-0.2, 0) is 30.5 Å². The maximum Gasteiger partial charge on any atom is 0.416 e. The number of benzene rings is 2. The molecule has 1 aromatic heterocycles. The maximum absolute atomic E-state index is 12.7. The average Bonchev–Trinajstić information content (AvgIpc) is 3.28. The molecule has 32 heavy (non-hydrogen) atoms. The molecule has 3 aromatic rings. The molecule has 2 heterocycles. The van der Waals surface area contributed by atoms with Gasteiger partial charge in [0.1, 0.15) is 11.3 Å². The van der Waals surface area contributed by atoms with Crippen molar-refractivity contribution in [2.45, 2.75) is 38.5 Å². The van der Waals surface area contributed by atoms with E-state index in [-0.39, 0.29) is 24.6 Å². The van der Waals surface area contributed by atoms with Crippen LogP contribution in [0.25, 0.3) is 10.9 Å². The highest BCUT2D eigenvalue weighted by atomic mass is 19.4. The Morgan fingerprint density at radius 1 is 1.09 bits per heavy atom. The van der Waals surface area contributed by atoms with Crippen LogP contribution in [0.15, 0.2) is 48.7 Å². The molecule has 1 amide bonds. The Hall–Kier alpha value is -3.13. The summed E-state index contributed by atoms with van der Waals surface area (Å²) < 4.78 is 38.1. The molecule has 0 saturated carbocycles. The number of hydrogen-bond acceptors (Lipinski definition) is 4. The number of aromatic nitrogens is 1. The number of carbonyl (C=O) groups excluding carboxylic acids is 1. The highest BCUT2D eigenvalue weighted by Crippen LogP contribution is 2.32. The number of likely N-dealkylation sites (tertiary alicyclic amines) is 1. The average molecular weight is 443 g/mol. The van der Waals surface area contributed by atoms with Gasteiger partial charge in [-0.05, 0) is 61.3 Å². The van der Waals surface area contributed by atoms with Gasteiger partial charge in [0.25, 0.3) is 0 Å². The molecule has 0 radical (unpaired) electrons. The van der Waals surface area contributed by atoms with E-state index in [9.17, 15) is 23.1 Å². The van der Waals surface area contributed by atoms with E-state index in [1.54, 1.807) is 12.3 Å². The molecule has 0 bridgehead atoms. The third-order valence-electron chi connectivity index (χ3n) is 5.75. The van der Waals surface area contributed by atoms with Crippen LogP contribution in [-0.4, -0.2) is 34.0 Å². The summed E-state index contributed by atoms with van der Waals surface area (Å²) in [6, 6.07) is 10.1. The molecule has 1 aliphatic rings. The number of phenolic OH excluding ortho intramolecular Hbond substituents is 1.